The molecule has 0 spiro atoms. The second kappa shape index (κ2) is 12.0. The van der Waals surface area contributed by atoms with Crippen molar-refractivity contribution in [1.82, 2.24) is 0 Å². The molecular formula is C16H35O2P. The fraction of sp³-hybridized carbons (Fsp3) is 1.00. The van der Waals surface area contributed by atoms with Gasteiger partial charge in [-0.2, -0.15) is 0 Å². The van der Waals surface area contributed by atoms with E-state index in [1.165, 1.54) is 38.5 Å². The number of rotatable bonds is 13. The Kier molecular flexibility index (Phi) is 12.1. The van der Waals surface area contributed by atoms with E-state index in [4.69, 9.17) is 0 Å². The lowest BCUT2D eigenvalue weighted by atomic mass is 10.2. The van der Waals surface area contributed by atoms with Gasteiger partial charge in [0.1, 0.15) is 13.0 Å². The van der Waals surface area contributed by atoms with Crippen LogP contribution in [-0.2, 0) is 4.57 Å². The number of unbranched alkanes of at least 4 members (excludes halogenated alkanes) is 7. The molecule has 0 aromatic heterocycles. The lowest BCUT2D eigenvalue weighted by Crippen LogP contribution is -2.12. The normalized spacial score (nSPS) is 16.2. The van der Waals surface area contributed by atoms with Crippen LogP contribution in [0.5, 0.6) is 0 Å². The highest BCUT2D eigenvalue weighted by atomic mass is 31.2. The van der Waals surface area contributed by atoms with E-state index >= 15 is 0 Å². The zero-order valence-corrected chi connectivity index (χ0v) is 14.3. The highest BCUT2D eigenvalue weighted by Crippen LogP contribution is 2.51. The molecule has 2 atom stereocenters. The molecule has 0 bridgehead atoms. The van der Waals surface area contributed by atoms with Crippen LogP contribution in [0.4, 0.5) is 0 Å². The molecule has 0 radical (unpaired) electrons. The van der Waals surface area contributed by atoms with E-state index in [0.717, 1.165) is 31.8 Å². The lowest BCUT2D eigenvalue weighted by Gasteiger charge is -2.22. The highest BCUT2D eigenvalue weighted by molar-refractivity contribution is 7.64. The Balaban J connectivity index is 3.93. The molecule has 0 amide bonds. The van der Waals surface area contributed by atoms with Gasteiger partial charge in [-0.3, -0.25) is 0 Å². The second-order valence-electron chi connectivity index (χ2n) is 5.74. The minimum Gasteiger partial charge on any atom is -0.385 e. The molecule has 0 aliphatic carbocycles. The van der Waals surface area contributed by atoms with Gasteiger partial charge in [-0.15, -0.1) is 0 Å². The van der Waals surface area contributed by atoms with Crippen molar-refractivity contribution in [3.8, 4) is 0 Å². The summed E-state index contributed by atoms with van der Waals surface area (Å²) in [5.41, 5.74) is 0. The summed E-state index contributed by atoms with van der Waals surface area (Å²) in [7, 11) is -2.33. The highest BCUT2D eigenvalue weighted by Gasteiger charge is 2.28. The van der Waals surface area contributed by atoms with Crippen molar-refractivity contribution in [1.29, 1.82) is 0 Å². The van der Waals surface area contributed by atoms with Crippen LogP contribution < -0.4 is 0 Å². The molecule has 3 heteroatoms. The molecule has 0 aromatic rings. The summed E-state index contributed by atoms with van der Waals surface area (Å²) in [4.78, 5) is 0. The van der Waals surface area contributed by atoms with Crippen LogP contribution in [0.1, 0.15) is 85.0 Å². The van der Waals surface area contributed by atoms with Gasteiger partial charge in [-0.05, 0) is 12.8 Å². The van der Waals surface area contributed by atoms with E-state index in [-0.39, 0.29) is 0 Å². The zero-order chi connectivity index (χ0) is 14.6. The van der Waals surface area contributed by atoms with Crippen molar-refractivity contribution in [2.45, 2.75) is 90.8 Å². The van der Waals surface area contributed by atoms with E-state index in [2.05, 4.69) is 13.8 Å². The van der Waals surface area contributed by atoms with Gasteiger partial charge in [-0.25, -0.2) is 0 Å². The molecule has 0 saturated heterocycles. The Hall–Kier alpha value is 0.190. The summed E-state index contributed by atoms with van der Waals surface area (Å²) in [6, 6.07) is 0. The Labute approximate surface area is 120 Å². The van der Waals surface area contributed by atoms with Crippen LogP contribution >= 0.6 is 7.14 Å². The molecule has 2 nitrogen and oxygen atoms in total. The summed E-state index contributed by atoms with van der Waals surface area (Å²) in [6.07, 6.45) is 12.7. The molecule has 1 N–H and O–H groups in total. The van der Waals surface area contributed by atoms with Crippen molar-refractivity contribution in [3.05, 3.63) is 0 Å². The summed E-state index contributed by atoms with van der Waals surface area (Å²) in [5, 5.41) is 10.2. The van der Waals surface area contributed by atoms with Crippen LogP contribution in [0.2, 0.25) is 0 Å². The maximum absolute atomic E-state index is 12.7. The third kappa shape index (κ3) is 8.87. The first-order valence-electron chi connectivity index (χ1n) is 8.36. The minimum atomic E-state index is -2.33. The first kappa shape index (κ1) is 19.2. The predicted octanol–water partition coefficient (Wildman–Crippen LogP) is 5.63. The van der Waals surface area contributed by atoms with Crippen LogP contribution in [-0.4, -0.2) is 23.3 Å². The molecule has 0 aliphatic heterocycles. The van der Waals surface area contributed by atoms with Crippen LogP contribution in [0.25, 0.3) is 0 Å². The van der Waals surface area contributed by atoms with Gasteiger partial charge in [0.05, 0.1) is 0 Å². The van der Waals surface area contributed by atoms with Gasteiger partial charge in [0, 0.05) is 12.3 Å². The zero-order valence-electron chi connectivity index (χ0n) is 13.4. The van der Waals surface area contributed by atoms with Crippen molar-refractivity contribution in [3.63, 3.8) is 0 Å². The van der Waals surface area contributed by atoms with Crippen molar-refractivity contribution in [2.75, 3.05) is 12.3 Å². The number of aliphatic hydroxyl groups excluding tert-OH is 1. The summed E-state index contributed by atoms with van der Waals surface area (Å²) < 4.78 is 12.7. The molecule has 0 aromatic carbocycles. The summed E-state index contributed by atoms with van der Waals surface area (Å²) >= 11 is 0. The third-order valence-electron chi connectivity index (χ3n) is 4.03. The second-order valence-corrected chi connectivity index (χ2v) is 9.32. The number of hydrogen-bond acceptors (Lipinski definition) is 2. The standard InChI is InChI=1S/C16H35O2P/c1-4-7-9-11-13-15-19(18,6-3)16(17)14-12-10-8-5-2/h16-17H,4-15H2,1-3H3. The molecule has 0 heterocycles. The van der Waals surface area contributed by atoms with Crippen molar-refractivity contribution >= 4 is 7.14 Å². The molecule has 19 heavy (non-hydrogen) atoms. The summed E-state index contributed by atoms with van der Waals surface area (Å²) in [5.74, 6) is -0.541. The van der Waals surface area contributed by atoms with Crippen LogP contribution in [0.15, 0.2) is 0 Å². The quantitative estimate of drug-likeness (QED) is 0.352. The van der Waals surface area contributed by atoms with Crippen LogP contribution in [0, 0.1) is 0 Å². The minimum absolute atomic E-state index is 0.541. The van der Waals surface area contributed by atoms with Gasteiger partial charge in [0.2, 0.25) is 0 Å². The van der Waals surface area contributed by atoms with E-state index in [1.807, 2.05) is 6.92 Å². The molecule has 0 rings (SSSR count). The largest absolute Gasteiger partial charge is 0.385 e. The van der Waals surface area contributed by atoms with Gasteiger partial charge in [0.15, 0.2) is 0 Å². The number of hydrogen-bond donors (Lipinski definition) is 1. The van der Waals surface area contributed by atoms with E-state index in [1.54, 1.807) is 0 Å². The lowest BCUT2D eigenvalue weighted by molar-refractivity contribution is 0.231. The van der Waals surface area contributed by atoms with E-state index < -0.39 is 13.0 Å². The average molecular weight is 290 g/mol. The molecular weight excluding hydrogens is 255 g/mol. The first-order valence-corrected chi connectivity index (χ1v) is 10.5. The molecule has 0 saturated carbocycles. The smallest absolute Gasteiger partial charge is 0.114 e. The maximum Gasteiger partial charge on any atom is 0.114 e. The van der Waals surface area contributed by atoms with Gasteiger partial charge in [-0.1, -0.05) is 72.1 Å². The predicted molar refractivity (Wildman–Crippen MR) is 86.5 cm³/mol. The van der Waals surface area contributed by atoms with Gasteiger partial charge >= 0.3 is 0 Å². The van der Waals surface area contributed by atoms with Crippen molar-refractivity contribution in [2.24, 2.45) is 0 Å². The third-order valence-corrected chi connectivity index (χ3v) is 7.52. The monoisotopic (exact) mass is 290 g/mol. The van der Waals surface area contributed by atoms with Gasteiger partial charge < -0.3 is 9.67 Å². The van der Waals surface area contributed by atoms with E-state index in [0.29, 0.717) is 6.16 Å². The molecule has 0 fully saturated rings. The number of aliphatic hydroxyl groups is 1. The SMILES string of the molecule is CCCCCCCP(=O)(CC)C(O)CCCCCC. The van der Waals surface area contributed by atoms with Crippen molar-refractivity contribution < 1.29 is 9.67 Å². The Morgan fingerprint density at radius 2 is 1.37 bits per heavy atom. The Morgan fingerprint density at radius 1 is 0.842 bits per heavy atom. The summed E-state index contributed by atoms with van der Waals surface area (Å²) in [6.45, 7) is 6.36. The van der Waals surface area contributed by atoms with Gasteiger partial charge in [0.25, 0.3) is 0 Å². The maximum atomic E-state index is 12.7. The van der Waals surface area contributed by atoms with Crippen LogP contribution in [0.3, 0.4) is 0 Å². The topological polar surface area (TPSA) is 37.3 Å². The molecule has 2 unspecified atom stereocenters. The van der Waals surface area contributed by atoms with E-state index in [9.17, 15) is 9.67 Å². The average Bonchev–Trinajstić information content (AvgIpc) is 2.42. The molecule has 116 valence electrons. The Bertz CT molecular complexity index is 241. The molecule has 0 aliphatic rings. The fourth-order valence-corrected chi connectivity index (χ4v) is 4.94. The fourth-order valence-electron chi connectivity index (χ4n) is 2.49. The Morgan fingerprint density at radius 3 is 1.89 bits per heavy atom. The first-order chi connectivity index (χ1) is 9.10.